The number of hydrogen-bond donors (Lipinski definition) is 3. The van der Waals surface area contributed by atoms with Crippen LogP contribution in [-0.2, 0) is 0 Å². The number of hydrogen-bond acceptors (Lipinski definition) is 2. The smallest absolute Gasteiger partial charge is 0.254 e. The maximum atomic E-state index is 12.1. The van der Waals surface area contributed by atoms with E-state index in [-0.39, 0.29) is 11.9 Å². The van der Waals surface area contributed by atoms with Crippen LogP contribution in [0.2, 0.25) is 0 Å². The SMILES string of the molecule is C#CC(CC)NC(=O)c1c[nH]c2cc(N)ccc12. The fourth-order valence-electron chi connectivity index (χ4n) is 1.83. The standard InChI is InChI=1S/C14H15N3O/c1-3-10(4-2)17-14(18)12-8-16-13-7-9(15)5-6-11(12)13/h1,5-8,10,16H,4,15H2,2H3,(H,17,18). The van der Waals surface area contributed by atoms with E-state index < -0.39 is 0 Å². The van der Waals surface area contributed by atoms with Crippen molar-refractivity contribution in [2.45, 2.75) is 19.4 Å². The highest BCUT2D eigenvalue weighted by atomic mass is 16.1. The summed E-state index contributed by atoms with van der Waals surface area (Å²) in [5, 5.41) is 3.64. The number of carbonyl (C=O) groups is 1. The largest absolute Gasteiger partial charge is 0.399 e. The van der Waals surface area contributed by atoms with Gasteiger partial charge < -0.3 is 16.0 Å². The third-order valence-corrected chi connectivity index (χ3v) is 2.87. The highest BCUT2D eigenvalue weighted by molar-refractivity contribution is 6.07. The number of H-pyrrole nitrogens is 1. The van der Waals surface area contributed by atoms with Gasteiger partial charge in [-0.1, -0.05) is 12.8 Å². The molecular formula is C14H15N3O. The van der Waals surface area contributed by atoms with E-state index in [4.69, 9.17) is 12.2 Å². The summed E-state index contributed by atoms with van der Waals surface area (Å²) in [7, 11) is 0. The quantitative estimate of drug-likeness (QED) is 0.567. The second-order valence-electron chi connectivity index (χ2n) is 4.11. The van der Waals surface area contributed by atoms with Crippen LogP contribution in [-0.4, -0.2) is 16.9 Å². The molecule has 1 heterocycles. The number of anilines is 1. The molecule has 1 aromatic heterocycles. The number of aromatic amines is 1. The summed E-state index contributed by atoms with van der Waals surface area (Å²) in [6.45, 7) is 1.93. The van der Waals surface area contributed by atoms with Gasteiger partial charge in [0.2, 0.25) is 0 Å². The molecule has 1 atom stereocenters. The Morgan fingerprint density at radius 1 is 1.61 bits per heavy atom. The van der Waals surface area contributed by atoms with Crippen LogP contribution in [0, 0.1) is 12.3 Å². The molecule has 0 aliphatic heterocycles. The first-order chi connectivity index (χ1) is 8.65. The third kappa shape index (κ3) is 2.16. The Morgan fingerprint density at radius 2 is 2.39 bits per heavy atom. The lowest BCUT2D eigenvalue weighted by Crippen LogP contribution is -2.33. The molecule has 1 unspecified atom stereocenters. The minimum absolute atomic E-state index is 0.171. The van der Waals surface area contributed by atoms with Gasteiger partial charge in [-0.05, 0) is 24.6 Å². The van der Waals surface area contributed by atoms with Crippen molar-refractivity contribution in [1.29, 1.82) is 0 Å². The van der Waals surface area contributed by atoms with Crippen molar-refractivity contribution in [2.24, 2.45) is 0 Å². The van der Waals surface area contributed by atoms with Crippen molar-refractivity contribution in [2.75, 3.05) is 5.73 Å². The molecule has 4 nitrogen and oxygen atoms in total. The highest BCUT2D eigenvalue weighted by Crippen LogP contribution is 2.20. The molecule has 1 aromatic carbocycles. The number of terminal acetylenes is 1. The second-order valence-corrected chi connectivity index (χ2v) is 4.11. The Labute approximate surface area is 106 Å². The number of nitrogens with two attached hydrogens (primary N) is 1. The van der Waals surface area contributed by atoms with Gasteiger partial charge in [-0.15, -0.1) is 6.42 Å². The summed E-state index contributed by atoms with van der Waals surface area (Å²) in [6, 6.07) is 5.15. The second kappa shape index (κ2) is 4.84. The Hall–Kier alpha value is -2.41. The van der Waals surface area contributed by atoms with Gasteiger partial charge in [0.15, 0.2) is 0 Å². The maximum absolute atomic E-state index is 12.1. The predicted molar refractivity (Wildman–Crippen MR) is 73.1 cm³/mol. The first kappa shape index (κ1) is 12.1. The Balaban J connectivity index is 2.31. The normalized spacial score (nSPS) is 12.0. The molecule has 0 aliphatic rings. The molecule has 2 rings (SSSR count). The monoisotopic (exact) mass is 241 g/mol. The summed E-state index contributed by atoms with van der Waals surface area (Å²) in [4.78, 5) is 15.1. The minimum Gasteiger partial charge on any atom is -0.399 e. The Morgan fingerprint density at radius 3 is 3.06 bits per heavy atom. The third-order valence-electron chi connectivity index (χ3n) is 2.87. The first-order valence-corrected chi connectivity index (χ1v) is 5.79. The molecule has 4 N–H and O–H groups in total. The topological polar surface area (TPSA) is 70.9 Å². The summed E-state index contributed by atoms with van der Waals surface area (Å²) >= 11 is 0. The number of nitrogens with one attached hydrogen (secondary N) is 2. The zero-order chi connectivity index (χ0) is 13.1. The van der Waals surface area contributed by atoms with E-state index in [1.165, 1.54) is 0 Å². The van der Waals surface area contributed by atoms with Crippen molar-refractivity contribution in [1.82, 2.24) is 10.3 Å². The number of rotatable bonds is 3. The van der Waals surface area contributed by atoms with Gasteiger partial charge >= 0.3 is 0 Å². The van der Waals surface area contributed by atoms with E-state index in [9.17, 15) is 4.79 Å². The van der Waals surface area contributed by atoms with E-state index in [1.54, 1.807) is 18.3 Å². The summed E-state index contributed by atoms with van der Waals surface area (Å²) in [6.07, 6.45) is 7.70. The van der Waals surface area contributed by atoms with Crippen molar-refractivity contribution < 1.29 is 4.79 Å². The van der Waals surface area contributed by atoms with Crippen LogP contribution in [0.15, 0.2) is 24.4 Å². The van der Waals surface area contributed by atoms with Crippen LogP contribution in [0.25, 0.3) is 10.9 Å². The summed E-state index contributed by atoms with van der Waals surface area (Å²) in [5.41, 5.74) is 7.77. The summed E-state index contributed by atoms with van der Waals surface area (Å²) in [5.74, 6) is 2.37. The lowest BCUT2D eigenvalue weighted by molar-refractivity contribution is 0.0947. The lowest BCUT2D eigenvalue weighted by Gasteiger charge is -2.09. The van der Waals surface area contributed by atoms with Gasteiger partial charge in [0.1, 0.15) is 0 Å². The molecule has 0 fully saturated rings. The van der Waals surface area contributed by atoms with Crippen LogP contribution in [0.5, 0.6) is 0 Å². The van der Waals surface area contributed by atoms with Crippen molar-refractivity contribution >= 4 is 22.5 Å². The number of benzene rings is 1. The van der Waals surface area contributed by atoms with E-state index >= 15 is 0 Å². The molecule has 0 saturated heterocycles. The number of fused-ring (bicyclic) bond motifs is 1. The average Bonchev–Trinajstić information content (AvgIpc) is 2.78. The molecule has 0 bridgehead atoms. The molecule has 2 aromatic rings. The Bertz CT molecular complexity index is 621. The minimum atomic E-state index is -0.240. The number of aromatic nitrogens is 1. The molecule has 92 valence electrons. The van der Waals surface area contributed by atoms with Crippen LogP contribution < -0.4 is 11.1 Å². The van der Waals surface area contributed by atoms with Crippen LogP contribution in [0.1, 0.15) is 23.7 Å². The molecule has 0 aliphatic carbocycles. The van der Waals surface area contributed by atoms with Crippen molar-refractivity contribution in [3.8, 4) is 12.3 Å². The summed E-state index contributed by atoms with van der Waals surface area (Å²) < 4.78 is 0. The van der Waals surface area contributed by atoms with E-state index in [2.05, 4.69) is 16.2 Å². The Kier molecular flexibility index (Phi) is 3.24. The van der Waals surface area contributed by atoms with E-state index in [1.807, 2.05) is 13.0 Å². The average molecular weight is 241 g/mol. The molecule has 18 heavy (non-hydrogen) atoms. The molecular weight excluding hydrogens is 226 g/mol. The molecule has 4 heteroatoms. The number of carbonyl (C=O) groups excluding carboxylic acids is 1. The van der Waals surface area contributed by atoms with Crippen molar-refractivity contribution in [3.63, 3.8) is 0 Å². The van der Waals surface area contributed by atoms with Crippen LogP contribution in [0.4, 0.5) is 5.69 Å². The predicted octanol–water partition coefficient (Wildman–Crippen LogP) is 1.89. The highest BCUT2D eigenvalue weighted by Gasteiger charge is 2.14. The van der Waals surface area contributed by atoms with Crippen LogP contribution >= 0.6 is 0 Å². The molecule has 0 saturated carbocycles. The fraction of sp³-hybridized carbons (Fsp3) is 0.214. The van der Waals surface area contributed by atoms with Crippen LogP contribution in [0.3, 0.4) is 0 Å². The number of amides is 1. The van der Waals surface area contributed by atoms with E-state index in [0.717, 1.165) is 10.9 Å². The van der Waals surface area contributed by atoms with E-state index in [0.29, 0.717) is 17.7 Å². The van der Waals surface area contributed by atoms with Gasteiger partial charge in [-0.2, -0.15) is 0 Å². The first-order valence-electron chi connectivity index (χ1n) is 5.79. The van der Waals surface area contributed by atoms with Gasteiger partial charge in [-0.3, -0.25) is 4.79 Å². The van der Waals surface area contributed by atoms with Crippen molar-refractivity contribution in [3.05, 3.63) is 30.0 Å². The van der Waals surface area contributed by atoms with Gasteiger partial charge in [0.25, 0.3) is 5.91 Å². The maximum Gasteiger partial charge on any atom is 0.254 e. The fourth-order valence-corrected chi connectivity index (χ4v) is 1.83. The lowest BCUT2D eigenvalue weighted by atomic mass is 10.1. The molecule has 1 amide bonds. The number of nitrogen functional groups attached to an aromatic ring is 1. The van der Waals surface area contributed by atoms with Gasteiger partial charge in [0.05, 0.1) is 11.6 Å². The van der Waals surface area contributed by atoms with Gasteiger partial charge in [-0.25, -0.2) is 0 Å². The van der Waals surface area contributed by atoms with Gasteiger partial charge in [0, 0.05) is 22.8 Å². The zero-order valence-electron chi connectivity index (χ0n) is 10.2. The molecule has 0 radical (unpaired) electrons. The zero-order valence-corrected chi connectivity index (χ0v) is 10.2. The molecule has 0 spiro atoms.